The molecule has 2 bridgehead atoms. The summed E-state index contributed by atoms with van der Waals surface area (Å²) in [4.78, 5) is 27.6. The van der Waals surface area contributed by atoms with Crippen LogP contribution in [0.4, 0.5) is 17.1 Å². The van der Waals surface area contributed by atoms with Crippen molar-refractivity contribution in [3.63, 3.8) is 0 Å². The standard InChI is InChI=1S/C40H52N4O5/c1-39(2)21-31-22-40(3,25-39)26-44(31)23-32-20-35(28-14-12-27(24-45)13-15-28)49-38(48-32)29-16-18-30(19-17-29)42-36(46)10-6-7-11-37(47)43-34-9-5-4-8-33(34)41/h4-5,8-9,12-19,31-32,35,38,45H,6-7,10-11,20-26,41H2,1-3H3,(H,42,46)(H,43,47). The molecule has 1 aliphatic carbocycles. The number of rotatable bonds is 12. The Hall–Kier alpha value is -3.76. The number of nitrogen functional groups attached to an aromatic ring is 1. The molecule has 3 aromatic carbocycles. The van der Waals surface area contributed by atoms with E-state index in [1.807, 2.05) is 60.7 Å². The van der Waals surface area contributed by atoms with Crippen LogP contribution in [0.25, 0.3) is 0 Å². The van der Waals surface area contributed by atoms with Gasteiger partial charge in [0.25, 0.3) is 0 Å². The van der Waals surface area contributed by atoms with E-state index in [0.29, 0.717) is 59.6 Å². The highest BCUT2D eigenvalue weighted by Crippen LogP contribution is 2.53. The molecule has 5 atom stereocenters. The fraction of sp³-hybridized carbons (Fsp3) is 0.500. The van der Waals surface area contributed by atoms with Crippen LogP contribution in [0.2, 0.25) is 0 Å². The van der Waals surface area contributed by atoms with Crippen LogP contribution >= 0.6 is 0 Å². The Morgan fingerprint density at radius 1 is 0.878 bits per heavy atom. The minimum atomic E-state index is -0.544. The highest BCUT2D eigenvalue weighted by atomic mass is 16.7. The van der Waals surface area contributed by atoms with E-state index < -0.39 is 6.29 Å². The molecule has 2 heterocycles. The maximum absolute atomic E-state index is 12.7. The van der Waals surface area contributed by atoms with Gasteiger partial charge < -0.3 is 30.9 Å². The van der Waals surface area contributed by atoms with Gasteiger partial charge in [-0.3, -0.25) is 14.5 Å². The smallest absolute Gasteiger partial charge is 0.224 e. The first kappa shape index (κ1) is 35.1. The molecule has 0 spiro atoms. The van der Waals surface area contributed by atoms with Gasteiger partial charge in [-0.2, -0.15) is 0 Å². The number of likely N-dealkylation sites (tertiary alicyclic amines) is 1. The Labute approximate surface area is 290 Å². The molecule has 1 saturated carbocycles. The van der Waals surface area contributed by atoms with Gasteiger partial charge in [0.15, 0.2) is 6.29 Å². The van der Waals surface area contributed by atoms with Crippen molar-refractivity contribution in [2.75, 3.05) is 29.5 Å². The summed E-state index contributed by atoms with van der Waals surface area (Å²) in [5.74, 6) is -0.209. The van der Waals surface area contributed by atoms with Crippen LogP contribution in [-0.2, 0) is 25.7 Å². The third-order valence-electron chi connectivity index (χ3n) is 10.3. The van der Waals surface area contributed by atoms with Crippen LogP contribution in [0.5, 0.6) is 0 Å². The summed E-state index contributed by atoms with van der Waals surface area (Å²) in [6.45, 7) is 9.25. The highest BCUT2D eigenvalue weighted by molar-refractivity contribution is 5.94. The van der Waals surface area contributed by atoms with Crippen molar-refractivity contribution in [3.8, 4) is 0 Å². The van der Waals surface area contributed by atoms with Crippen molar-refractivity contribution in [2.45, 2.75) is 103 Å². The summed E-state index contributed by atoms with van der Waals surface area (Å²) in [6.07, 6.45) is 5.64. The largest absolute Gasteiger partial charge is 0.397 e. The fourth-order valence-electron chi connectivity index (χ4n) is 8.43. The number of hydrogen-bond donors (Lipinski definition) is 4. The van der Waals surface area contributed by atoms with Crippen molar-refractivity contribution < 1.29 is 24.2 Å². The van der Waals surface area contributed by atoms with E-state index in [4.69, 9.17) is 15.2 Å². The van der Waals surface area contributed by atoms with Gasteiger partial charge >= 0.3 is 0 Å². The molecule has 49 heavy (non-hydrogen) atoms. The number of aliphatic hydroxyl groups is 1. The second kappa shape index (κ2) is 15.0. The number of hydrogen-bond acceptors (Lipinski definition) is 7. The monoisotopic (exact) mass is 668 g/mol. The molecule has 262 valence electrons. The number of aliphatic hydroxyl groups excluding tert-OH is 1. The van der Waals surface area contributed by atoms with Crippen LogP contribution in [0.15, 0.2) is 72.8 Å². The summed E-state index contributed by atoms with van der Waals surface area (Å²) >= 11 is 0. The van der Waals surface area contributed by atoms with Crippen LogP contribution in [0, 0.1) is 10.8 Å². The quantitative estimate of drug-likeness (QED) is 0.118. The van der Waals surface area contributed by atoms with Gasteiger partial charge in [0.05, 0.1) is 30.2 Å². The van der Waals surface area contributed by atoms with E-state index in [9.17, 15) is 14.7 Å². The first-order valence-corrected chi connectivity index (χ1v) is 17.8. The van der Waals surface area contributed by atoms with Crippen LogP contribution in [-0.4, -0.2) is 47.1 Å². The highest BCUT2D eigenvalue weighted by Gasteiger charge is 2.50. The van der Waals surface area contributed by atoms with Gasteiger partial charge in [-0.15, -0.1) is 0 Å². The number of benzene rings is 3. The maximum Gasteiger partial charge on any atom is 0.224 e. The number of amides is 2. The first-order valence-electron chi connectivity index (χ1n) is 17.8. The van der Waals surface area contributed by atoms with Gasteiger partial charge in [0.1, 0.15) is 0 Å². The normalized spacial score (nSPS) is 26.3. The van der Waals surface area contributed by atoms with Crippen molar-refractivity contribution in [1.82, 2.24) is 4.90 Å². The number of nitrogens with zero attached hydrogens (tertiary/aromatic N) is 1. The Bertz CT molecular complexity index is 1590. The third kappa shape index (κ3) is 9.08. The first-order chi connectivity index (χ1) is 23.5. The van der Waals surface area contributed by atoms with Crippen molar-refractivity contribution in [1.29, 1.82) is 0 Å². The number of nitrogens with two attached hydrogens (primary N) is 1. The molecule has 3 fully saturated rings. The lowest BCUT2D eigenvalue weighted by Crippen LogP contribution is -2.42. The molecule has 2 saturated heterocycles. The van der Waals surface area contributed by atoms with E-state index >= 15 is 0 Å². The molecule has 5 N–H and O–H groups in total. The van der Waals surface area contributed by atoms with Crippen molar-refractivity contribution in [3.05, 3.63) is 89.5 Å². The maximum atomic E-state index is 12.7. The molecular formula is C40H52N4O5. The molecule has 2 aliphatic heterocycles. The topological polar surface area (TPSA) is 126 Å². The molecule has 9 heteroatoms. The van der Waals surface area contributed by atoms with E-state index in [0.717, 1.165) is 36.2 Å². The van der Waals surface area contributed by atoms with Crippen LogP contribution < -0.4 is 16.4 Å². The number of unbranched alkanes of at least 4 members (excludes halogenated alkanes) is 1. The SMILES string of the molecule is CC1(C)CC2CC(C)(CN2CC2CC(c3ccc(CO)cc3)OC(c3ccc(NC(=O)CCCCC(=O)Nc4ccccc4N)cc3)O2)C1. The predicted octanol–water partition coefficient (Wildman–Crippen LogP) is 7.34. The van der Waals surface area contributed by atoms with Crippen LogP contribution in [0.1, 0.15) is 101 Å². The minimum absolute atomic E-state index is 0.00107. The molecule has 9 nitrogen and oxygen atoms in total. The van der Waals surface area contributed by atoms with Gasteiger partial charge in [-0.05, 0) is 78.3 Å². The molecule has 2 amide bonds. The minimum Gasteiger partial charge on any atom is -0.397 e. The number of fused-ring (bicyclic) bond motifs is 2. The number of nitrogens with one attached hydrogen (secondary N) is 2. The molecule has 6 rings (SSSR count). The lowest BCUT2D eigenvalue weighted by atomic mass is 9.65. The second-order valence-corrected chi connectivity index (χ2v) is 15.5. The number of carbonyl (C=O) groups is 2. The number of anilines is 3. The Kier molecular flexibility index (Phi) is 10.7. The molecule has 0 radical (unpaired) electrons. The molecule has 5 unspecified atom stereocenters. The predicted molar refractivity (Wildman–Crippen MR) is 193 cm³/mol. The van der Waals surface area contributed by atoms with Crippen molar-refractivity contribution >= 4 is 28.9 Å². The fourth-order valence-corrected chi connectivity index (χ4v) is 8.43. The number of ether oxygens (including phenoxy) is 2. The third-order valence-corrected chi connectivity index (χ3v) is 10.3. The summed E-state index contributed by atoms with van der Waals surface area (Å²) < 4.78 is 13.3. The molecular weight excluding hydrogens is 616 g/mol. The molecule has 0 aromatic heterocycles. The lowest BCUT2D eigenvalue weighted by Gasteiger charge is -2.41. The van der Waals surface area contributed by atoms with Gasteiger partial charge in [-0.1, -0.05) is 69.3 Å². The number of para-hydroxylation sites is 2. The van der Waals surface area contributed by atoms with Crippen molar-refractivity contribution in [2.24, 2.45) is 10.8 Å². The van der Waals surface area contributed by atoms with Crippen LogP contribution in [0.3, 0.4) is 0 Å². The number of carbonyl (C=O) groups excluding carboxylic acids is 2. The Morgan fingerprint density at radius 2 is 1.55 bits per heavy atom. The summed E-state index contributed by atoms with van der Waals surface area (Å²) in [7, 11) is 0. The van der Waals surface area contributed by atoms with Gasteiger partial charge in [0, 0.05) is 49.6 Å². The van der Waals surface area contributed by atoms with E-state index in [-0.39, 0.29) is 30.6 Å². The van der Waals surface area contributed by atoms with E-state index in [1.54, 1.807) is 12.1 Å². The van der Waals surface area contributed by atoms with E-state index in [1.165, 1.54) is 19.3 Å². The average Bonchev–Trinajstić information content (AvgIpc) is 3.31. The summed E-state index contributed by atoms with van der Waals surface area (Å²) in [5.41, 5.74) is 11.3. The molecule has 3 aliphatic rings. The summed E-state index contributed by atoms with van der Waals surface area (Å²) in [5, 5.41) is 15.4. The van der Waals surface area contributed by atoms with E-state index in [2.05, 4.69) is 36.3 Å². The zero-order valence-corrected chi connectivity index (χ0v) is 29.1. The Morgan fingerprint density at radius 3 is 2.24 bits per heavy atom. The van der Waals surface area contributed by atoms with Gasteiger partial charge in [-0.25, -0.2) is 0 Å². The summed E-state index contributed by atoms with van der Waals surface area (Å²) in [6, 6.07) is 23.4. The second-order valence-electron chi connectivity index (χ2n) is 15.5. The van der Waals surface area contributed by atoms with Gasteiger partial charge in [0.2, 0.25) is 11.8 Å². The zero-order chi connectivity index (χ0) is 34.6. The lowest BCUT2D eigenvalue weighted by molar-refractivity contribution is -0.253. The zero-order valence-electron chi connectivity index (χ0n) is 29.1. The average molecular weight is 669 g/mol. The Balaban J connectivity index is 1.04. The molecule has 3 aromatic rings.